The van der Waals surface area contributed by atoms with Crippen LogP contribution in [0, 0.1) is 0 Å². The van der Waals surface area contributed by atoms with Crippen LogP contribution in [0.2, 0.25) is 0 Å². The molecule has 148 valence electrons. The maximum Gasteiger partial charge on any atom is 0.259 e. The number of fused-ring (bicyclic) bond motifs is 2. The smallest absolute Gasteiger partial charge is 0.259 e. The van der Waals surface area contributed by atoms with Gasteiger partial charge in [0, 0.05) is 26.4 Å². The summed E-state index contributed by atoms with van der Waals surface area (Å²) < 4.78 is 6.40. The van der Waals surface area contributed by atoms with Crippen molar-refractivity contribution in [1.82, 2.24) is 10.1 Å². The first kappa shape index (κ1) is 19.1. The lowest BCUT2D eigenvalue weighted by atomic mass is 10.1. The molecule has 30 heavy (non-hydrogen) atoms. The van der Waals surface area contributed by atoms with Gasteiger partial charge in [-0.1, -0.05) is 41.2 Å². The van der Waals surface area contributed by atoms with Crippen LogP contribution in [0.1, 0.15) is 17.3 Å². The van der Waals surface area contributed by atoms with Crippen molar-refractivity contribution < 1.29 is 9.32 Å². The molecule has 0 saturated carbocycles. The predicted molar refractivity (Wildman–Crippen MR) is 121 cm³/mol. The third-order valence-corrected chi connectivity index (χ3v) is 6.75. The van der Waals surface area contributed by atoms with Gasteiger partial charge in [-0.15, -0.1) is 0 Å². The van der Waals surface area contributed by atoms with E-state index in [0.29, 0.717) is 18.3 Å². The molecule has 1 aliphatic rings. The summed E-state index contributed by atoms with van der Waals surface area (Å²) in [5.41, 5.74) is 3.29. The fraction of sp³-hybridized carbons (Fsp3) is 0.0870. The Bertz CT molecular complexity index is 1270. The number of hydrogen-bond donors (Lipinski definition) is 0. The van der Waals surface area contributed by atoms with Crippen molar-refractivity contribution in [3.05, 3.63) is 76.8 Å². The molecule has 2 heterocycles. The molecule has 0 fully saturated rings. The van der Waals surface area contributed by atoms with Gasteiger partial charge in [0.25, 0.3) is 11.8 Å². The molecular weight excluding hydrogens is 462 g/mol. The summed E-state index contributed by atoms with van der Waals surface area (Å²) >= 11 is 5.11. The molecule has 0 unspecified atom stereocenters. The molecule has 5 rings (SSSR count). The second-order valence-electron chi connectivity index (χ2n) is 6.73. The molecule has 5 nitrogen and oxygen atoms in total. The van der Waals surface area contributed by atoms with E-state index in [4.69, 9.17) is 4.52 Å². The number of rotatable bonds is 3. The largest absolute Gasteiger partial charge is 0.334 e. The van der Waals surface area contributed by atoms with Crippen molar-refractivity contribution in [3.8, 4) is 22.8 Å². The molecule has 0 atom stereocenters. The van der Waals surface area contributed by atoms with Crippen LogP contribution in [-0.2, 0) is 0 Å². The van der Waals surface area contributed by atoms with E-state index in [-0.39, 0.29) is 5.91 Å². The predicted octanol–water partition coefficient (Wildman–Crippen LogP) is 6.30. The van der Waals surface area contributed by atoms with Gasteiger partial charge in [-0.3, -0.25) is 4.79 Å². The zero-order chi connectivity index (χ0) is 20.7. The average molecular weight is 478 g/mol. The Kier molecular flexibility index (Phi) is 4.92. The molecule has 1 amide bonds. The first-order valence-electron chi connectivity index (χ1n) is 9.47. The quantitative estimate of drug-likeness (QED) is 0.346. The van der Waals surface area contributed by atoms with Gasteiger partial charge in [0.15, 0.2) is 0 Å². The minimum absolute atomic E-state index is 0.0166. The molecular formula is C23H16BrN3O2S. The molecule has 1 aliphatic heterocycles. The summed E-state index contributed by atoms with van der Waals surface area (Å²) in [5, 5.41) is 4.18. The van der Waals surface area contributed by atoms with Crippen molar-refractivity contribution in [3.63, 3.8) is 0 Å². The Hall–Kier alpha value is -2.90. The normalized spacial score (nSPS) is 13.0. The zero-order valence-electron chi connectivity index (χ0n) is 16.0. The van der Waals surface area contributed by atoms with Crippen LogP contribution in [0.25, 0.3) is 22.8 Å². The topological polar surface area (TPSA) is 59.2 Å². The SMILES string of the molecule is CCN1C(=O)c2ccccc2Sc2cc(-c3noc(-c4ccccc4Br)n3)ccc21. The number of hydrogen-bond acceptors (Lipinski definition) is 5. The number of carbonyl (C=O) groups is 1. The van der Waals surface area contributed by atoms with Crippen LogP contribution in [0.5, 0.6) is 0 Å². The summed E-state index contributed by atoms with van der Waals surface area (Å²) in [6.45, 7) is 2.58. The number of aromatic nitrogens is 2. The number of halogens is 1. The first-order chi connectivity index (χ1) is 14.7. The van der Waals surface area contributed by atoms with E-state index < -0.39 is 0 Å². The summed E-state index contributed by atoms with van der Waals surface area (Å²) in [5.74, 6) is 0.981. The van der Waals surface area contributed by atoms with Gasteiger partial charge < -0.3 is 9.42 Å². The van der Waals surface area contributed by atoms with E-state index in [1.807, 2.05) is 73.7 Å². The number of amides is 1. The molecule has 0 N–H and O–H groups in total. The monoisotopic (exact) mass is 477 g/mol. The lowest BCUT2D eigenvalue weighted by Crippen LogP contribution is -2.30. The minimum Gasteiger partial charge on any atom is -0.334 e. The Morgan fingerprint density at radius 2 is 1.77 bits per heavy atom. The first-order valence-corrected chi connectivity index (χ1v) is 11.1. The van der Waals surface area contributed by atoms with Gasteiger partial charge in [-0.2, -0.15) is 4.98 Å². The molecule has 0 aliphatic carbocycles. The third kappa shape index (κ3) is 3.24. The number of carbonyl (C=O) groups excluding carboxylic acids is 1. The van der Waals surface area contributed by atoms with Crippen LogP contribution >= 0.6 is 27.7 Å². The van der Waals surface area contributed by atoms with E-state index in [9.17, 15) is 4.79 Å². The van der Waals surface area contributed by atoms with Crippen molar-refractivity contribution in [2.45, 2.75) is 16.7 Å². The lowest BCUT2D eigenvalue weighted by Gasteiger charge is -2.21. The third-order valence-electron chi connectivity index (χ3n) is 4.94. The summed E-state index contributed by atoms with van der Waals surface area (Å²) in [6, 6.07) is 21.3. The molecule has 1 aromatic heterocycles. The maximum atomic E-state index is 13.0. The summed E-state index contributed by atoms with van der Waals surface area (Å²) in [6.07, 6.45) is 0. The van der Waals surface area contributed by atoms with Gasteiger partial charge in [-0.25, -0.2) is 0 Å². The summed E-state index contributed by atoms with van der Waals surface area (Å²) in [7, 11) is 0. The number of benzene rings is 3. The van der Waals surface area contributed by atoms with Gasteiger partial charge in [0.2, 0.25) is 5.82 Å². The maximum absolute atomic E-state index is 13.0. The van der Waals surface area contributed by atoms with E-state index in [2.05, 4.69) is 26.1 Å². The standard InChI is InChI=1S/C23H16BrN3O2S/c1-2-27-18-12-11-14(13-20(18)30-19-10-6-4-8-16(19)23(27)28)21-25-22(29-26-21)15-7-3-5-9-17(15)24/h3-13H,2H2,1H3. The highest BCUT2D eigenvalue weighted by Gasteiger charge is 2.26. The fourth-order valence-corrected chi connectivity index (χ4v) is 5.03. The fourth-order valence-electron chi connectivity index (χ4n) is 3.46. The van der Waals surface area contributed by atoms with Crippen molar-refractivity contribution >= 4 is 39.3 Å². The van der Waals surface area contributed by atoms with Crippen molar-refractivity contribution in [2.75, 3.05) is 11.4 Å². The molecule has 0 spiro atoms. The van der Waals surface area contributed by atoms with Crippen LogP contribution in [0.3, 0.4) is 0 Å². The zero-order valence-corrected chi connectivity index (χ0v) is 18.4. The lowest BCUT2D eigenvalue weighted by molar-refractivity contribution is 0.0985. The van der Waals surface area contributed by atoms with Gasteiger partial charge in [0.05, 0.1) is 16.8 Å². The minimum atomic E-state index is 0.0166. The van der Waals surface area contributed by atoms with Crippen LogP contribution in [-0.4, -0.2) is 22.6 Å². The van der Waals surface area contributed by atoms with Crippen molar-refractivity contribution in [2.24, 2.45) is 0 Å². The Morgan fingerprint density at radius 3 is 2.57 bits per heavy atom. The van der Waals surface area contributed by atoms with Crippen LogP contribution in [0.4, 0.5) is 5.69 Å². The Labute approximate surface area is 186 Å². The van der Waals surface area contributed by atoms with E-state index >= 15 is 0 Å². The Balaban J connectivity index is 1.58. The van der Waals surface area contributed by atoms with Crippen LogP contribution < -0.4 is 4.90 Å². The molecule has 0 saturated heterocycles. The van der Waals surface area contributed by atoms with Crippen molar-refractivity contribution in [1.29, 1.82) is 0 Å². The van der Waals surface area contributed by atoms with E-state index in [1.165, 1.54) is 0 Å². The van der Waals surface area contributed by atoms with Crippen LogP contribution in [0.15, 0.2) is 85.5 Å². The highest BCUT2D eigenvalue weighted by atomic mass is 79.9. The number of anilines is 1. The molecule has 0 bridgehead atoms. The van der Waals surface area contributed by atoms with Gasteiger partial charge >= 0.3 is 0 Å². The van der Waals surface area contributed by atoms with E-state index in [0.717, 1.165) is 36.6 Å². The highest BCUT2D eigenvalue weighted by molar-refractivity contribution is 9.10. The molecule has 4 aromatic rings. The Morgan fingerprint density at radius 1 is 1.00 bits per heavy atom. The summed E-state index contributed by atoms with van der Waals surface area (Å²) in [4.78, 5) is 21.4. The average Bonchev–Trinajstić information content (AvgIpc) is 3.21. The van der Waals surface area contributed by atoms with E-state index in [1.54, 1.807) is 16.7 Å². The number of nitrogens with zero attached hydrogens (tertiary/aromatic N) is 3. The molecule has 3 aromatic carbocycles. The second kappa shape index (κ2) is 7.74. The second-order valence-corrected chi connectivity index (χ2v) is 8.67. The van der Waals surface area contributed by atoms with Gasteiger partial charge in [-0.05, 0) is 65.3 Å². The highest BCUT2D eigenvalue weighted by Crippen LogP contribution is 2.43. The molecule has 0 radical (unpaired) electrons. The van der Waals surface area contributed by atoms with Gasteiger partial charge in [0.1, 0.15) is 0 Å². The molecule has 7 heteroatoms.